The maximum atomic E-state index is 6.12. The Morgan fingerprint density at radius 1 is 1.21 bits per heavy atom. The molecule has 3 nitrogen and oxygen atoms in total. The first-order chi connectivity index (χ1) is 9.27. The molecule has 1 atom stereocenters. The van der Waals surface area contributed by atoms with E-state index in [0.29, 0.717) is 0 Å². The minimum Gasteiger partial charge on any atom is -0.490 e. The molecule has 0 amide bonds. The molecule has 0 saturated carbocycles. The summed E-state index contributed by atoms with van der Waals surface area (Å²) in [5.41, 5.74) is 2.74. The number of aryl methyl sites for hydroxylation is 1. The van der Waals surface area contributed by atoms with Gasteiger partial charge in [-0.05, 0) is 50.8 Å². The van der Waals surface area contributed by atoms with E-state index < -0.39 is 0 Å². The van der Waals surface area contributed by atoms with Gasteiger partial charge in [-0.25, -0.2) is 0 Å². The van der Waals surface area contributed by atoms with Crippen LogP contribution in [0, 0.1) is 0 Å². The normalized spacial score (nSPS) is 26.4. The third kappa shape index (κ3) is 2.86. The molecule has 2 aliphatic heterocycles. The number of piperidine rings is 1. The van der Waals surface area contributed by atoms with Gasteiger partial charge in [0.15, 0.2) is 0 Å². The summed E-state index contributed by atoms with van der Waals surface area (Å²) in [6, 6.07) is 6.40. The Labute approximate surface area is 115 Å². The zero-order chi connectivity index (χ0) is 13.1. The van der Waals surface area contributed by atoms with E-state index >= 15 is 0 Å². The highest BCUT2D eigenvalue weighted by atomic mass is 16.5. The summed E-state index contributed by atoms with van der Waals surface area (Å²) in [5, 5.41) is 7.09. The van der Waals surface area contributed by atoms with Gasteiger partial charge in [0.1, 0.15) is 12.4 Å². The second kappa shape index (κ2) is 5.41. The highest BCUT2D eigenvalue weighted by Crippen LogP contribution is 2.33. The Hall–Kier alpha value is -1.22. The van der Waals surface area contributed by atoms with E-state index in [1.54, 1.807) is 0 Å². The van der Waals surface area contributed by atoms with E-state index in [9.17, 15) is 0 Å². The minimum absolute atomic E-state index is 0.135. The zero-order valence-electron chi connectivity index (χ0n) is 11.8. The number of rotatable bonds is 3. The molecule has 1 aromatic rings. The lowest BCUT2D eigenvalue weighted by Crippen LogP contribution is -2.50. The van der Waals surface area contributed by atoms with Crippen LogP contribution in [-0.4, -0.2) is 25.2 Å². The van der Waals surface area contributed by atoms with Crippen LogP contribution in [0.1, 0.15) is 38.2 Å². The maximum Gasteiger partial charge on any atom is 0.142 e. The number of hydrogen-bond acceptors (Lipinski definition) is 3. The van der Waals surface area contributed by atoms with E-state index in [4.69, 9.17) is 4.74 Å². The number of benzene rings is 1. The van der Waals surface area contributed by atoms with Crippen molar-refractivity contribution in [3.8, 4) is 5.75 Å². The van der Waals surface area contributed by atoms with Crippen molar-refractivity contribution in [3.05, 3.63) is 23.8 Å². The van der Waals surface area contributed by atoms with Crippen molar-refractivity contribution >= 4 is 5.69 Å². The molecule has 104 valence electrons. The number of para-hydroxylation sites is 1. The summed E-state index contributed by atoms with van der Waals surface area (Å²) >= 11 is 0. The zero-order valence-corrected chi connectivity index (χ0v) is 11.8. The fourth-order valence-electron chi connectivity index (χ4n) is 3.08. The number of ether oxygens (including phenoxy) is 1. The van der Waals surface area contributed by atoms with E-state index in [2.05, 4.69) is 35.8 Å². The van der Waals surface area contributed by atoms with Gasteiger partial charge in [0, 0.05) is 12.1 Å². The molecular weight excluding hydrogens is 236 g/mol. The summed E-state index contributed by atoms with van der Waals surface area (Å²) < 4.78 is 6.12. The molecule has 0 bridgehead atoms. The molecule has 3 rings (SSSR count). The lowest BCUT2D eigenvalue weighted by Gasteiger charge is -2.35. The van der Waals surface area contributed by atoms with E-state index in [1.807, 2.05) is 0 Å². The molecule has 0 radical (unpaired) electrons. The van der Waals surface area contributed by atoms with E-state index in [1.165, 1.54) is 36.9 Å². The molecule has 0 spiro atoms. The van der Waals surface area contributed by atoms with Crippen LogP contribution in [-0.2, 0) is 6.42 Å². The predicted octanol–water partition coefficient (Wildman–Crippen LogP) is 2.96. The Balaban J connectivity index is 1.69. The number of anilines is 1. The van der Waals surface area contributed by atoms with E-state index in [-0.39, 0.29) is 5.54 Å². The Morgan fingerprint density at radius 2 is 2.16 bits per heavy atom. The van der Waals surface area contributed by atoms with Crippen LogP contribution in [0.3, 0.4) is 0 Å². The van der Waals surface area contributed by atoms with Gasteiger partial charge in [0.25, 0.3) is 0 Å². The molecule has 3 heteroatoms. The van der Waals surface area contributed by atoms with Gasteiger partial charge in [-0.2, -0.15) is 0 Å². The lowest BCUT2D eigenvalue weighted by molar-refractivity contribution is 0.164. The Morgan fingerprint density at radius 3 is 3.00 bits per heavy atom. The van der Waals surface area contributed by atoms with Gasteiger partial charge in [-0.1, -0.05) is 18.6 Å². The number of fused-ring (bicyclic) bond motifs is 1. The van der Waals surface area contributed by atoms with Gasteiger partial charge < -0.3 is 15.4 Å². The third-order valence-electron chi connectivity index (χ3n) is 4.29. The van der Waals surface area contributed by atoms with Crippen molar-refractivity contribution in [1.29, 1.82) is 0 Å². The van der Waals surface area contributed by atoms with Gasteiger partial charge >= 0.3 is 0 Å². The van der Waals surface area contributed by atoms with Gasteiger partial charge in [-0.15, -0.1) is 0 Å². The summed E-state index contributed by atoms with van der Waals surface area (Å²) in [4.78, 5) is 0. The average molecular weight is 260 g/mol. The van der Waals surface area contributed by atoms with Crippen molar-refractivity contribution < 1.29 is 4.74 Å². The minimum atomic E-state index is 0.135. The first kappa shape index (κ1) is 12.8. The number of hydrogen-bond donors (Lipinski definition) is 2. The molecule has 19 heavy (non-hydrogen) atoms. The van der Waals surface area contributed by atoms with Crippen molar-refractivity contribution in [2.75, 3.05) is 25.0 Å². The molecule has 2 aliphatic rings. The number of nitrogens with one attached hydrogen (secondary N) is 2. The fraction of sp³-hybridized carbons (Fsp3) is 0.625. The molecule has 0 aromatic heterocycles. The molecule has 1 saturated heterocycles. The van der Waals surface area contributed by atoms with Crippen molar-refractivity contribution in [3.63, 3.8) is 0 Å². The summed E-state index contributed by atoms with van der Waals surface area (Å²) in [7, 11) is 0. The van der Waals surface area contributed by atoms with Crippen molar-refractivity contribution in [2.24, 2.45) is 0 Å². The van der Waals surface area contributed by atoms with Gasteiger partial charge in [0.05, 0.1) is 5.69 Å². The molecule has 2 heterocycles. The second-order valence-corrected chi connectivity index (χ2v) is 6.05. The second-order valence-electron chi connectivity index (χ2n) is 6.05. The van der Waals surface area contributed by atoms with Crippen LogP contribution in [0.5, 0.6) is 5.75 Å². The molecule has 1 fully saturated rings. The predicted molar refractivity (Wildman–Crippen MR) is 79.0 cm³/mol. The van der Waals surface area contributed by atoms with Crippen LogP contribution in [0.15, 0.2) is 18.2 Å². The average Bonchev–Trinajstić information content (AvgIpc) is 2.46. The fourth-order valence-corrected chi connectivity index (χ4v) is 3.08. The standard InChI is InChI=1S/C16H24N2O/c1-16(9-2-3-11-18-16)12-19-14-8-4-6-13-7-5-10-17-15(13)14/h4,6,8,17-18H,2-3,5,7,9-12H2,1H3. The van der Waals surface area contributed by atoms with E-state index in [0.717, 1.165) is 31.9 Å². The first-order valence-corrected chi connectivity index (χ1v) is 7.50. The molecule has 1 unspecified atom stereocenters. The van der Waals surface area contributed by atoms with Gasteiger partial charge in [0.2, 0.25) is 0 Å². The lowest BCUT2D eigenvalue weighted by atomic mass is 9.92. The first-order valence-electron chi connectivity index (χ1n) is 7.50. The highest BCUT2D eigenvalue weighted by Gasteiger charge is 2.27. The Kier molecular flexibility index (Phi) is 3.65. The van der Waals surface area contributed by atoms with Crippen molar-refractivity contribution in [1.82, 2.24) is 5.32 Å². The molecule has 1 aromatic carbocycles. The summed E-state index contributed by atoms with van der Waals surface area (Å²) in [6.45, 7) is 5.20. The van der Waals surface area contributed by atoms with Crippen LogP contribution >= 0.6 is 0 Å². The maximum absolute atomic E-state index is 6.12. The molecule has 0 aliphatic carbocycles. The largest absolute Gasteiger partial charge is 0.490 e. The van der Waals surface area contributed by atoms with Gasteiger partial charge in [-0.3, -0.25) is 0 Å². The Bertz CT molecular complexity index is 438. The summed E-state index contributed by atoms with van der Waals surface area (Å²) in [6.07, 6.45) is 6.18. The quantitative estimate of drug-likeness (QED) is 0.876. The monoisotopic (exact) mass is 260 g/mol. The topological polar surface area (TPSA) is 33.3 Å². The summed E-state index contributed by atoms with van der Waals surface area (Å²) in [5.74, 6) is 1.02. The highest BCUT2D eigenvalue weighted by molar-refractivity contribution is 5.63. The van der Waals surface area contributed by atoms with Crippen LogP contribution in [0.2, 0.25) is 0 Å². The van der Waals surface area contributed by atoms with Crippen LogP contribution in [0.4, 0.5) is 5.69 Å². The van der Waals surface area contributed by atoms with Crippen molar-refractivity contribution in [2.45, 2.75) is 44.6 Å². The smallest absolute Gasteiger partial charge is 0.142 e. The SMILES string of the molecule is CC1(COc2cccc3c2NCCC3)CCCCN1. The third-order valence-corrected chi connectivity index (χ3v) is 4.29. The van der Waals surface area contributed by atoms with Crippen LogP contribution < -0.4 is 15.4 Å². The molecule has 2 N–H and O–H groups in total. The molecular formula is C16H24N2O. The van der Waals surface area contributed by atoms with Crippen LogP contribution in [0.25, 0.3) is 0 Å².